The Morgan fingerprint density at radius 3 is 2.78 bits per heavy atom. The molecule has 2 heterocycles. The third-order valence-electron chi connectivity index (χ3n) is 2.86. The highest BCUT2D eigenvalue weighted by Gasteiger charge is 2.08. The van der Waals surface area contributed by atoms with Gasteiger partial charge in [0.2, 0.25) is 0 Å². The van der Waals surface area contributed by atoms with Crippen LogP contribution in [0.1, 0.15) is 11.3 Å². The van der Waals surface area contributed by atoms with E-state index in [1.807, 2.05) is 42.1 Å². The molecule has 0 fully saturated rings. The number of aryl methyl sites for hydroxylation is 1. The van der Waals surface area contributed by atoms with E-state index >= 15 is 0 Å². The molecule has 0 unspecified atom stereocenters. The Morgan fingerprint density at radius 1 is 1.22 bits per heavy atom. The highest BCUT2D eigenvalue weighted by molar-refractivity contribution is 9.08. The topological polar surface area (TPSA) is 30.7 Å². The maximum atomic E-state index is 4.70. The van der Waals surface area contributed by atoms with Gasteiger partial charge in [-0.2, -0.15) is 5.10 Å². The fourth-order valence-electron chi connectivity index (χ4n) is 1.98. The Labute approximate surface area is 114 Å². The number of nitrogens with zero attached hydrogens (tertiary/aromatic N) is 3. The van der Waals surface area contributed by atoms with Gasteiger partial charge in [0.15, 0.2) is 5.82 Å². The van der Waals surface area contributed by atoms with Gasteiger partial charge in [0.1, 0.15) is 0 Å². The van der Waals surface area contributed by atoms with Crippen molar-refractivity contribution in [2.24, 2.45) is 0 Å². The lowest BCUT2D eigenvalue weighted by Gasteiger charge is -2.08. The Bertz CT molecular complexity index is 703. The molecule has 0 amide bonds. The van der Waals surface area contributed by atoms with Crippen molar-refractivity contribution in [1.82, 2.24) is 14.8 Å². The lowest BCUT2D eigenvalue weighted by atomic mass is 10.1. The summed E-state index contributed by atoms with van der Waals surface area (Å²) >= 11 is 3.52. The molecule has 3 aromatic rings. The van der Waals surface area contributed by atoms with Crippen LogP contribution in [0.25, 0.3) is 16.7 Å². The average Bonchev–Trinajstić information content (AvgIpc) is 2.83. The molecule has 4 heteroatoms. The SMILES string of the molecule is Cc1ccn(-c2nc3ccccc3cc2CBr)n1. The third-order valence-corrected chi connectivity index (χ3v) is 3.47. The van der Waals surface area contributed by atoms with Crippen LogP contribution in [0.5, 0.6) is 0 Å². The van der Waals surface area contributed by atoms with Crippen LogP contribution in [0.2, 0.25) is 0 Å². The van der Waals surface area contributed by atoms with Crippen LogP contribution in [0.3, 0.4) is 0 Å². The van der Waals surface area contributed by atoms with Gasteiger partial charge >= 0.3 is 0 Å². The zero-order valence-electron chi connectivity index (χ0n) is 9.97. The summed E-state index contributed by atoms with van der Waals surface area (Å²) in [5.74, 6) is 0.888. The fourth-order valence-corrected chi connectivity index (χ4v) is 2.39. The molecule has 0 aliphatic rings. The molecule has 0 bridgehead atoms. The number of aromatic nitrogens is 3. The Kier molecular flexibility index (Phi) is 2.88. The number of hydrogen-bond donors (Lipinski definition) is 0. The van der Waals surface area contributed by atoms with Crippen LogP contribution >= 0.6 is 15.9 Å². The molecule has 0 saturated heterocycles. The first-order valence-electron chi connectivity index (χ1n) is 5.75. The van der Waals surface area contributed by atoms with Crippen molar-refractivity contribution in [3.63, 3.8) is 0 Å². The maximum Gasteiger partial charge on any atom is 0.158 e. The summed E-state index contributed by atoms with van der Waals surface area (Å²) in [6.45, 7) is 1.98. The molecule has 90 valence electrons. The van der Waals surface area contributed by atoms with Crippen molar-refractivity contribution in [1.29, 1.82) is 0 Å². The molecule has 0 N–H and O–H groups in total. The van der Waals surface area contributed by atoms with Crippen molar-refractivity contribution in [2.45, 2.75) is 12.3 Å². The molecule has 1 aromatic carbocycles. The first-order chi connectivity index (χ1) is 8.78. The van der Waals surface area contributed by atoms with E-state index in [1.165, 1.54) is 0 Å². The van der Waals surface area contributed by atoms with Gasteiger partial charge in [-0.25, -0.2) is 9.67 Å². The first kappa shape index (κ1) is 11.4. The Balaban J connectivity index is 2.26. The summed E-state index contributed by atoms with van der Waals surface area (Å²) in [5, 5.41) is 6.35. The second-order valence-electron chi connectivity index (χ2n) is 4.20. The summed E-state index contributed by atoms with van der Waals surface area (Å²) in [4.78, 5) is 4.70. The van der Waals surface area contributed by atoms with E-state index in [2.05, 4.69) is 33.2 Å². The summed E-state index contributed by atoms with van der Waals surface area (Å²) < 4.78 is 1.83. The first-order valence-corrected chi connectivity index (χ1v) is 6.87. The van der Waals surface area contributed by atoms with Crippen LogP contribution in [-0.2, 0) is 5.33 Å². The number of pyridine rings is 1. The van der Waals surface area contributed by atoms with Crippen molar-refractivity contribution in [3.05, 3.63) is 53.9 Å². The quantitative estimate of drug-likeness (QED) is 0.677. The number of rotatable bonds is 2. The van der Waals surface area contributed by atoms with Gasteiger partial charge in [0, 0.05) is 22.5 Å². The zero-order chi connectivity index (χ0) is 12.5. The minimum Gasteiger partial charge on any atom is -0.228 e. The highest BCUT2D eigenvalue weighted by atomic mass is 79.9. The van der Waals surface area contributed by atoms with Gasteiger partial charge in [0.05, 0.1) is 11.2 Å². The fraction of sp³-hybridized carbons (Fsp3) is 0.143. The second-order valence-corrected chi connectivity index (χ2v) is 4.76. The highest BCUT2D eigenvalue weighted by Crippen LogP contribution is 2.21. The number of benzene rings is 1. The van der Waals surface area contributed by atoms with Gasteiger partial charge in [0.25, 0.3) is 0 Å². The minimum absolute atomic E-state index is 0.763. The molecule has 0 radical (unpaired) electrons. The molecule has 18 heavy (non-hydrogen) atoms. The average molecular weight is 302 g/mol. The lowest BCUT2D eigenvalue weighted by molar-refractivity contribution is 0.829. The van der Waals surface area contributed by atoms with Crippen molar-refractivity contribution in [2.75, 3.05) is 0 Å². The van der Waals surface area contributed by atoms with Gasteiger partial charge < -0.3 is 0 Å². The molecule has 2 aromatic heterocycles. The van der Waals surface area contributed by atoms with E-state index in [9.17, 15) is 0 Å². The van der Waals surface area contributed by atoms with Crippen molar-refractivity contribution >= 4 is 26.8 Å². The van der Waals surface area contributed by atoms with E-state index in [4.69, 9.17) is 4.98 Å². The molecule has 0 aliphatic heterocycles. The molecule has 0 aliphatic carbocycles. The standard InChI is InChI=1S/C14H12BrN3/c1-10-6-7-18(17-10)14-12(9-15)8-11-4-2-3-5-13(11)16-14/h2-8H,9H2,1H3. The summed E-state index contributed by atoms with van der Waals surface area (Å²) in [7, 11) is 0. The van der Waals surface area contributed by atoms with Crippen LogP contribution in [0, 0.1) is 6.92 Å². The molecule has 0 saturated carbocycles. The monoisotopic (exact) mass is 301 g/mol. The van der Waals surface area contributed by atoms with Crippen molar-refractivity contribution < 1.29 is 0 Å². The second kappa shape index (κ2) is 4.53. The normalized spacial score (nSPS) is 11.0. The van der Waals surface area contributed by atoms with Crippen LogP contribution in [0.15, 0.2) is 42.6 Å². The van der Waals surface area contributed by atoms with E-state index in [0.717, 1.165) is 33.3 Å². The predicted octanol–water partition coefficient (Wildman–Crippen LogP) is 3.62. The number of halogens is 1. The minimum atomic E-state index is 0.763. The molecular formula is C14H12BrN3. The summed E-state index contributed by atoms with van der Waals surface area (Å²) in [6, 6.07) is 12.3. The Hall–Kier alpha value is -1.68. The molecule has 3 rings (SSSR count). The molecular weight excluding hydrogens is 290 g/mol. The lowest BCUT2D eigenvalue weighted by Crippen LogP contribution is -2.03. The van der Waals surface area contributed by atoms with Gasteiger partial charge in [-0.15, -0.1) is 0 Å². The van der Waals surface area contributed by atoms with Gasteiger partial charge in [-0.1, -0.05) is 34.1 Å². The molecule has 0 atom stereocenters. The van der Waals surface area contributed by atoms with Gasteiger partial charge in [-0.3, -0.25) is 0 Å². The van der Waals surface area contributed by atoms with E-state index in [-0.39, 0.29) is 0 Å². The smallest absolute Gasteiger partial charge is 0.158 e. The third kappa shape index (κ3) is 1.93. The number of alkyl halides is 1. The number of para-hydroxylation sites is 1. The van der Waals surface area contributed by atoms with E-state index in [1.54, 1.807) is 0 Å². The summed E-state index contributed by atoms with van der Waals surface area (Å²) in [5.41, 5.74) is 3.12. The molecule has 3 nitrogen and oxygen atoms in total. The van der Waals surface area contributed by atoms with Crippen LogP contribution in [-0.4, -0.2) is 14.8 Å². The summed E-state index contributed by atoms with van der Waals surface area (Å²) in [6.07, 6.45) is 1.94. The largest absolute Gasteiger partial charge is 0.228 e. The predicted molar refractivity (Wildman–Crippen MR) is 76.2 cm³/mol. The Morgan fingerprint density at radius 2 is 2.06 bits per heavy atom. The number of hydrogen-bond acceptors (Lipinski definition) is 2. The molecule has 0 spiro atoms. The van der Waals surface area contributed by atoms with Crippen LogP contribution in [0.4, 0.5) is 0 Å². The van der Waals surface area contributed by atoms with E-state index in [0.29, 0.717) is 0 Å². The van der Waals surface area contributed by atoms with Gasteiger partial charge in [-0.05, 0) is 25.1 Å². The van der Waals surface area contributed by atoms with Crippen LogP contribution < -0.4 is 0 Å². The number of fused-ring (bicyclic) bond motifs is 1. The zero-order valence-corrected chi connectivity index (χ0v) is 11.6. The maximum absolute atomic E-state index is 4.70. The van der Waals surface area contributed by atoms with E-state index < -0.39 is 0 Å². The van der Waals surface area contributed by atoms with Crippen molar-refractivity contribution in [3.8, 4) is 5.82 Å².